The van der Waals surface area contributed by atoms with Crippen LogP contribution in [0, 0.1) is 0 Å². The molecule has 0 aromatic rings. The molecule has 0 aromatic heterocycles. The van der Waals surface area contributed by atoms with E-state index >= 15 is 0 Å². The highest BCUT2D eigenvalue weighted by Gasteiger charge is 2.44. The third kappa shape index (κ3) is 42.8. The lowest BCUT2D eigenvalue weighted by atomic mass is 9.98. The average molecular weight is 1090 g/mol. The van der Waals surface area contributed by atoms with E-state index in [1.54, 1.807) is 0 Å². The van der Waals surface area contributed by atoms with Crippen molar-refractivity contribution in [1.82, 2.24) is 5.32 Å². The van der Waals surface area contributed by atoms with Crippen molar-refractivity contribution >= 4 is 5.91 Å². The first-order valence-corrected chi connectivity index (χ1v) is 32.9. The second-order valence-corrected chi connectivity index (χ2v) is 23.2. The molecule has 1 amide bonds. The van der Waals surface area contributed by atoms with Crippen molar-refractivity contribution in [1.29, 1.82) is 0 Å². The fourth-order valence-electron chi connectivity index (χ4n) is 10.6. The fraction of sp³-hybridized carbons (Fsp3) is 0.894. The van der Waals surface area contributed by atoms with Crippen LogP contribution in [0.15, 0.2) is 36.5 Å². The topological polar surface area (TPSA) is 189 Å². The van der Waals surface area contributed by atoms with Gasteiger partial charge in [0.25, 0.3) is 0 Å². The number of carbonyl (C=O) groups excluding carboxylic acids is 1. The number of allylic oxidation sites excluding steroid dienone is 6. The molecule has 9 atom stereocenters. The smallest absolute Gasteiger partial charge is 0.249 e. The standard InChI is InChI=1S/C66H125NO10/c1-3-5-7-9-11-13-15-17-19-21-23-25-27-28-29-30-32-33-35-37-39-41-43-45-47-49-51-53-58(69)61(71)57(56-76-66-64(74)63(73)62(72)60(55-68)77-66)67-65(75)59(70)54-52-50-48-46-44-42-40-38-36-34-31-26-24-22-20-18-16-14-12-10-8-6-4-2/h30,32,37,39,45,47,57-64,66,68-74H,3-29,31,33-36,38,40-44,46,48-56H2,1-2H3,(H,67,75)/b32-30+,39-37+,47-45+. The molecule has 11 heteroatoms. The number of ether oxygens (including phenoxy) is 2. The lowest BCUT2D eigenvalue weighted by Gasteiger charge is -2.40. The zero-order chi connectivity index (χ0) is 56.1. The number of hydrogen-bond donors (Lipinski definition) is 8. The van der Waals surface area contributed by atoms with E-state index in [0.29, 0.717) is 19.3 Å². The van der Waals surface area contributed by atoms with Crippen LogP contribution < -0.4 is 5.32 Å². The summed E-state index contributed by atoms with van der Waals surface area (Å²) in [5.41, 5.74) is 0. The van der Waals surface area contributed by atoms with E-state index in [9.17, 15) is 40.5 Å². The van der Waals surface area contributed by atoms with Gasteiger partial charge in [0.1, 0.15) is 36.6 Å². The number of rotatable bonds is 57. The van der Waals surface area contributed by atoms with Crippen LogP contribution in [0.1, 0.15) is 309 Å². The predicted molar refractivity (Wildman–Crippen MR) is 321 cm³/mol. The van der Waals surface area contributed by atoms with E-state index in [-0.39, 0.29) is 12.8 Å². The number of amides is 1. The highest BCUT2D eigenvalue weighted by Crippen LogP contribution is 2.24. The highest BCUT2D eigenvalue weighted by atomic mass is 16.7. The Morgan fingerprint density at radius 1 is 0.442 bits per heavy atom. The number of unbranched alkanes of at least 4 members (excludes halogenated alkanes) is 39. The van der Waals surface area contributed by atoms with E-state index in [0.717, 1.165) is 44.9 Å². The van der Waals surface area contributed by atoms with Crippen LogP contribution in [0.3, 0.4) is 0 Å². The second-order valence-electron chi connectivity index (χ2n) is 23.2. The third-order valence-corrected chi connectivity index (χ3v) is 15.9. The fourth-order valence-corrected chi connectivity index (χ4v) is 10.6. The van der Waals surface area contributed by atoms with Crippen LogP contribution in [-0.4, -0.2) is 110 Å². The maximum atomic E-state index is 13.2. The van der Waals surface area contributed by atoms with Gasteiger partial charge >= 0.3 is 0 Å². The summed E-state index contributed by atoms with van der Waals surface area (Å²) < 4.78 is 11.2. The summed E-state index contributed by atoms with van der Waals surface area (Å²) in [5, 5.41) is 76.3. The summed E-state index contributed by atoms with van der Waals surface area (Å²) >= 11 is 0. The van der Waals surface area contributed by atoms with Crippen LogP contribution in [0.5, 0.6) is 0 Å². The molecule has 8 N–H and O–H groups in total. The SMILES string of the molecule is CCCCCCCCCCCCCCCC/C=C/CC/C=C/CC/C=C/CCCC(O)C(O)C(COC1OC(CO)C(O)C(O)C1O)NC(=O)C(O)CCCCCCCCCCCCCCCCCCCCCCCCC. The van der Waals surface area contributed by atoms with Gasteiger partial charge in [0.15, 0.2) is 6.29 Å². The normalized spacial score (nSPS) is 19.7. The molecule has 0 spiro atoms. The molecule has 1 heterocycles. The summed E-state index contributed by atoms with van der Waals surface area (Å²) in [6.45, 7) is 3.48. The Hall–Kier alpha value is -1.67. The summed E-state index contributed by atoms with van der Waals surface area (Å²) in [7, 11) is 0. The minimum Gasteiger partial charge on any atom is -0.394 e. The molecule has 77 heavy (non-hydrogen) atoms. The van der Waals surface area contributed by atoms with Crippen LogP contribution in [-0.2, 0) is 14.3 Å². The first-order valence-electron chi connectivity index (χ1n) is 32.9. The van der Waals surface area contributed by atoms with Crippen molar-refractivity contribution in [2.45, 2.75) is 364 Å². The van der Waals surface area contributed by atoms with Gasteiger partial charge in [0.05, 0.1) is 25.4 Å². The number of aliphatic hydroxyl groups is 7. The molecule has 1 rings (SSSR count). The van der Waals surface area contributed by atoms with Crippen molar-refractivity contribution in [3.63, 3.8) is 0 Å². The van der Waals surface area contributed by atoms with Gasteiger partial charge in [0.2, 0.25) is 5.91 Å². The Labute approximate surface area is 473 Å². The van der Waals surface area contributed by atoms with Gasteiger partial charge in [0, 0.05) is 0 Å². The molecular formula is C66H125NO10. The van der Waals surface area contributed by atoms with Crippen molar-refractivity contribution in [3.8, 4) is 0 Å². The third-order valence-electron chi connectivity index (χ3n) is 15.9. The summed E-state index contributed by atoms with van der Waals surface area (Å²) in [5.74, 6) is -0.707. The molecule has 0 bridgehead atoms. The Morgan fingerprint density at radius 3 is 1.16 bits per heavy atom. The lowest BCUT2D eigenvalue weighted by molar-refractivity contribution is -0.303. The van der Waals surface area contributed by atoms with E-state index < -0.39 is 74.2 Å². The van der Waals surface area contributed by atoms with Gasteiger partial charge < -0.3 is 50.5 Å². The Kier molecular flexibility index (Phi) is 52.3. The lowest BCUT2D eigenvalue weighted by Crippen LogP contribution is -2.60. The number of hydrogen-bond acceptors (Lipinski definition) is 10. The number of aliphatic hydroxyl groups excluding tert-OH is 7. The largest absolute Gasteiger partial charge is 0.394 e. The van der Waals surface area contributed by atoms with Gasteiger partial charge in [-0.25, -0.2) is 0 Å². The molecule has 1 fully saturated rings. The van der Waals surface area contributed by atoms with E-state index in [1.165, 1.54) is 218 Å². The van der Waals surface area contributed by atoms with E-state index in [1.807, 2.05) is 0 Å². The maximum Gasteiger partial charge on any atom is 0.249 e. The molecule has 0 saturated carbocycles. The zero-order valence-electron chi connectivity index (χ0n) is 50.0. The van der Waals surface area contributed by atoms with Crippen molar-refractivity contribution in [3.05, 3.63) is 36.5 Å². The minimum atomic E-state index is -1.67. The quantitative estimate of drug-likeness (QED) is 0.0215. The molecule has 1 aliphatic heterocycles. The van der Waals surface area contributed by atoms with Gasteiger partial charge in [-0.15, -0.1) is 0 Å². The molecule has 11 nitrogen and oxygen atoms in total. The zero-order valence-corrected chi connectivity index (χ0v) is 50.0. The first kappa shape index (κ1) is 73.3. The van der Waals surface area contributed by atoms with E-state index in [4.69, 9.17) is 9.47 Å². The van der Waals surface area contributed by atoms with Crippen molar-refractivity contribution in [2.24, 2.45) is 0 Å². The summed E-state index contributed by atoms with van der Waals surface area (Å²) in [6, 6.07) is -1.19. The first-order chi connectivity index (χ1) is 37.7. The molecular weight excluding hydrogens is 967 g/mol. The monoisotopic (exact) mass is 1090 g/mol. The van der Waals surface area contributed by atoms with Crippen LogP contribution >= 0.6 is 0 Å². The van der Waals surface area contributed by atoms with Crippen LogP contribution in [0.25, 0.3) is 0 Å². The molecule has 0 radical (unpaired) electrons. The predicted octanol–water partition coefficient (Wildman–Crippen LogP) is 15.0. The molecule has 1 saturated heterocycles. The van der Waals surface area contributed by atoms with Gasteiger partial charge in [-0.3, -0.25) is 4.79 Å². The van der Waals surface area contributed by atoms with Gasteiger partial charge in [-0.05, 0) is 64.2 Å². The Morgan fingerprint density at radius 2 is 0.779 bits per heavy atom. The van der Waals surface area contributed by atoms with Gasteiger partial charge in [-0.2, -0.15) is 0 Å². The average Bonchev–Trinajstić information content (AvgIpc) is 3.43. The Balaban J connectivity index is 2.28. The molecule has 9 unspecified atom stereocenters. The maximum absolute atomic E-state index is 13.2. The molecule has 454 valence electrons. The summed E-state index contributed by atoms with van der Waals surface area (Å²) in [6.07, 6.45) is 57.9. The minimum absolute atomic E-state index is 0.243. The molecule has 1 aliphatic rings. The highest BCUT2D eigenvalue weighted by molar-refractivity contribution is 5.80. The van der Waals surface area contributed by atoms with E-state index in [2.05, 4.69) is 55.6 Å². The number of nitrogens with one attached hydrogen (secondary N) is 1. The second kappa shape index (κ2) is 54.9. The van der Waals surface area contributed by atoms with Crippen molar-refractivity contribution in [2.75, 3.05) is 13.2 Å². The summed E-state index contributed by atoms with van der Waals surface area (Å²) in [4.78, 5) is 13.2. The Bertz CT molecular complexity index is 1350. The van der Waals surface area contributed by atoms with Crippen LogP contribution in [0.4, 0.5) is 0 Å². The molecule has 0 aliphatic carbocycles. The number of carbonyl (C=O) groups is 1. The van der Waals surface area contributed by atoms with Crippen LogP contribution in [0.2, 0.25) is 0 Å². The van der Waals surface area contributed by atoms with Gasteiger partial charge in [-0.1, -0.05) is 281 Å². The van der Waals surface area contributed by atoms with Crippen molar-refractivity contribution < 1.29 is 50.0 Å². The molecule has 0 aromatic carbocycles.